The van der Waals surface area contributed by atoms with Gasteiger partial charge in [-0.1, -0.05) is 6.08 Å². The first kappa shape index (κ1) is 20.2. The fraction of sp³-hybridized carbons (Fsp3) is 0.250. The van der Waals surface area contributed by atoms with Crippen molar-refractivity contribution in [3.8, 4) is 11.1 Å². The molecule has 6 nitrogen and oxygen atoms in total. The molecule has 0 aliphatic heterocycles. The van der Waals surface area contributed by atoms with Crippen LogP contribution in [-0.2, 0) is 11.2 Å². The first-order valence-corrected chi connectivity index (χ1v) is 10.4. The van der Waals surface area contributed by atoms with Crippen LogP contribution in [0.5, 0.6) is 0 Å². The molecule has 1 aliphatic rings. The number of carbonyl (C=O) groups is 1. The van der Waals surface area contributed by atoms with Crippen molar-refractivity contribution in [1.82, 2.24) is 19.4 Å². The Hall–Kier alpha value is -3.68. The van der Waals surface area contributed by atoms with Gasteiger partial charge in [0.2, 0.25) is 5.91 Å². The van der Waals surface area contributed by atoms with Crippen LogP contribution in [0, 0.1) is 12.8 Å². The first-order chi connectivity index (χ1) is 15.4. The topological polar surface area (TPSA) is 72.2 Å². The maximum absolute atomic E-state index is 13.2. The quantitative estimate of drug-likeness (QED) is 0.436. The number of hydrogen-bond acceptors (Lipinski definition) is 4. The molecule has 162 valence electrons. The predicted octanol–water partition coefficient (Wildman–Crippen LogP) is 4.97. The molecule has 0 radical (unpaired) electrons. The van der Waals surface area contributed by atoms with Crippen LogP contribution in [0.15, 0.2) is 55.6 Å². The minimum Gasteiger partial charge on any atom is -0.310 e. The highest BCUT2D eigenvalue weighted by Gasteiger charge is 2.61. The lowest BCUT2D eigenvalue weighted by Crippen LogP contribution is -2.18. The minimum atomic E-state index is -2.92. The van der Waals surface area contributed by atoms with Crippen LogP contribution in [-0.4, -0.2) is 31.2 Å². The zero-order valence-corrected chi connectivity index (χ0v) is 17.5. The summed E-state index contributed by atoms with van der Waals surface area (Å²) in [7, 11) is 0. The fourth-order valence-corrected chi connectivity index (χ4v) is 3.95. The van der Waals surface area contributed by atoms with E-state index in [0.29, 0.717) is 0 Å². The second kappa shape index (κ2) is 7.47. The van der Waals surface area contributed by atoms with Gasteiger partial charge in [0.25, 0.3) is 5.92 Å². The Morgan fingerprint density at radius 1 is 1.25 bits per heavy atom. The summed E-state index contributed by atoms with van der Waals surface area (Å²) in [4.78, 5) is 25.4. The van der Waals surface area contributed by atoms with Crippen molar-refractivity contribution >= 4 is 28.3 Å². The molecule has 8 heteroatoms. The van der Waals surface area contributed by atoms with Crippen molar-refractivity contribution in [3.63, 3.8) is 0 Å². The molecule has 0 aromatic carbocycles. The Morgan fingerprint density at radius 2 is 2.06 bits per heavy atom. The van der Waals surface area contributed by atoms with Crippen LogP contribution in [0.4, 0.5) is 14.6 Å². The van der Waals surface area contributed by atoms with Crippen molar-refractivity contribution in [2.24, 2.45) is 5.92 Å². The number of fused-ring (bicyclic) bond motifs is 3. The molecular weight excluding hydrogens is 412 g/mol. The van der Waals surface area contributed by atoms with Gasteiger partial charge in [-0.2, -0.15) is 0 Å². The van der Waals surface area contributed by atoms with E-state index < -0.39 is 24.2 Å². The monoisotopic (exact) mass is 433 g/mol. The third-order valence-electron chi connectivity index (χ3n) is 5.81. The van der Waals surface area contributed by atoms with Gasteiger partial charge in [0.05, 0.1) is 5.52 Å². The number of halogens is 2. The summed E-state index contributed by atoms with van der Waals surface area (Å²) in [6, 6.07) is 5.74. The van der Waals surface area contributed by atoms with E-state index in [-0.39, 0.29) is 5.82 Å². The summed E-state index contributed by atoms with van der Waals surface area (Å²) in [5.74, 6) is -4.67. The summed E-state index contributed by atoms with van der Waals surface area (Å²) in [5.41, 5.74) is 5.48. The number of rotatable bonds is 6. The number of anilines is 1. The van der Waals surface area contributed by atoms with E-state index in [1.165, 1.54) is 0 Å². The van der Waals surface area contributed by atoms with E-state index in [2.05, 4.69) is 32.9 Å². The average Bonchev–Trinajstić information content (AvgIpc) is 3.17. The summed E-state index contributed by atoms with van der Waals surface area (Å²) in [5, 5.41) is 3.34. The number of carbonyl (C=O) groups excluding carboxylic acids is 1. The van der Waals surface area contributed by atoms with Gasteiger partial charge in [-0.15, -0.1) is 6.58 Å². The largest absolute Gasteiger partial charge is 0.310 e. The fourth-order valence-electron chi connectivity index (χ4n) is 3.95. The van der Waals surface area contributed by atoms with Crippen LogP contribution < -0.4 is 5.32 Å². The highest BCUT2D eigenvalue weighted by atomic mass is 19.3. The maximum atomic E-state index is 13.2. The van der Waals surface area contributed by atoms with E-state index >= 15 is 0 Å². The molecule has 1 fully saturated rings. The minimum absolute atomic E-state index is 0.234. The second-order valence-corrected chi connectivity index (χ2v) is 8.13. The van der Waals surface area contributed by atoms with E-state index in [1.807, 2.05) is 35.9 Å². The number of pyridine rings is 3. The SMILES string of the molecule is C=CCCc1cc(C)c(-c2cc3cnc(NC(=O)C4CC4(F)F)cc3n3ccnc23)cn1. The van der Waals surface area contributed by atoms with Gasteiger partial charge in [0.1, 0.15) is 17.4 Å². The summed E-state index contributed by atoms with van der Waals surface area (Å²) in [6.07, 6.45) is 10.2. The molecule has 1 saturated carbocycles. The molecule has 1 amide bonds. The third kappa shape index (κ3) is 3.51. The van der Waals surface area contributed by atoms with Crippen molar-refractivity contribution in [1.29, 1.82) is 0 Å². The number of allylic oxidation sites excluding steroid dienone is 1. The third-order valence-corrected chi connectivity index (χ3v) is 5.81. The summed E-state index contributed by atoms with van der Waals surface area (Å²) < 4.78 is 28.3. The zero-order chi connectivity index (χ0) is 22.5. The molecule has 1 N–H and O–H groups in total. The van der Waals surface area contributed by atoms with E-state index in [4.69, 9.17) is 0 Å². The number of aromatic nitrogens is 4. The molecule has 1 unspecified atom stereocenters. The number of imidazole rings is 1. The molecule has 1 aliphatic carbocycles. The van der Waals surface area contributed by atoms with Crippen molar-refractivity contribution in [2.75, 3.05) is 5.32 Å². The number of hydrogen-bond donors (Lipinski definition) is 1. The van der Waals surface area contributed by atoms with Gasteiger partial charge in [0, 0.05) is 59.5 Å². The average molecular weight is 433 g/mol. The smallest absolute Gasteiger partial charge is 0.260 e. The first-order valence-electron chi connectivity index (χ1n) is 10.4. The zero-order valence-electron chi connectivity index (χ0n) is 17.5. The van der Waals surface area contributed by atoms with Crippen LogP contribution in [0.3, 0.4) is 0 Å². The molecule has 32 heavy (non-hydrogen) atoms. The summed E-state index contributed by atoms with van der Waals surface area (Å²) in [6.45, 7) is 5.80. The van der Waals surface area contributed by atoms with E-state index in [9.17, 15) is 13.6 Å². The maximum Gasteiger partial charge on any atom is 0.260 e. The van der Waals surface area contributed by atoms with Crippen LogP contribution in [0.1, 0.15) is 24.1 Å². The van der Waals surface area contributed by atoms with Crippen LogP contribution >= 0.6 is 0 Å². The van der Waals surface area contributed by atoms with Crippen molar-refractivity contribution in [3.05, 3.63) is 66.9 Å². The molecule has 0 spiro atoms. The number of aryl methyl sites for hydroxylation is 2. The molecule has 0 bridgehead atoms. The molecule has 4 heterocycles. The Morgan fingerprint density at radius 3 is 2.78 bits per heavy atom. The molecule has 4 aromatic rings. The van der Waals surface area contributed by atoms with Gasteiger partial charge in [-0.05, 0) is 37.5 Å². The molecule has 4 aromatic heterocycles. The number of nitrogens with one attached hydrogen (secondary N) is 1. The lowest BCUT2D eigenvalue weighted by atomic mass is 10.0. The highest BCUT2D eigenvalue weighted by Crippen LogP contribution is 2.49. The van der Waals surface area contributed by atoms with Crippen molar-refractivity contribution < 1.29 is 13.6 Å². The number of nitrogens with zero attached hydrogens (tertiary/aromatic N) is 4. The van der Waals surface area contributed by atoms with Crippen LogP contribution in [0.2, 0.25) is 0 Å². The molecule has 5 rings (SSSR count). The molecular formula is C24H21F2N5O. The Kier molecular flexibility index (Phi) is 4.73. The van der Waals surface area contributed by atoms with Gasteiger partial charge in [-0.3, -0.25) is 14.2 Å². The van der Waals surface area contributed by atoms with Gasteiger partial charge < -0.3 is 5.32 Å². The van der Waals surface area contributed by atoms with Crippen molar-refractivity contribution in [2.45, 2.75) is 32.1 Å². The molecule has 1 atom stereocenters. The highest BCUT2D eigenvalue weighted by molar-refractivity contribution is 5.97. The number of alkyl halides is 2. The second-order valence-electron chi connectivity index (χ2n) is 8.13. The Labute approximate surface area is 183 Å². The standard InChI is InChI=1S/C24H21F2N5O/c1-3-4-5-16-8-14(2)18(13-28-16)17-9-15-12-29-21(30-23(32)19-11-24(19,25)26)10-20(15)31-7-6-27-22(17)31/h3,6-10,12-13,19H,1,4-5,11H2,2H3,(H,29,30,32). The summed E-state index contributed by atoms with van der Waals surface area (Å²) >= 11 is 0. The Bertz CT molecular complexity index is 1380. The number of amides is 1. The van der Waals surface area contributed by atoms with Gasteiger partial charge >= 0.3 is 0 Å². The normalized spacial score (nSPS) is 16.9. The predicted molar refractivity (Wildman–Crippen MR) is 119 cm³/mol. The van der Waals surface area contributed by atoms with Gasteiger partial charge in [-0.25, -0.2) is 18.7 Å². The lowest BCUT2D eigenvalue weighted by molar-refractivity contribution is -0.119. The molecule has 0 saturated heterocycles. The van der Waals surface area contributed by atoms with E-state index in [1.54, 1.807) is 18.5 Å². The van der Waals surface area contributed by atoms with Crippen LogP contribution in [0.25, 0.3) is 27.7 Å². The van der Waals surface area contributed by atoms with E-state index in [0.717, 1.165) is 51.8 Å². The van der Waals surface area contributed by atoms with Gasteiger partial charge in [0.15, 0.2) is 0 Å². The lowest BCUT2D eigenvalue weighted by Gasteiger charge is -2.12. The Balaban J connectivity index is 1.54.